The van der Waals surface area contributed by atoms with Gasteiger partial charge in [-0.2, -0.15) is 0 Å². The third-order valence-electron chi connectivity index (χ3n) is 12.0. The average Bonchev–Trinajstić information content (AvgIpc) is 3.94. The molecule has 0 aliphatic heterocycles. The second kappa shape index (κ2) is 12.8. The molecular formula is C54H36N2S. The van der Waals surface area contributed by atoms with Gasteiger partial charge in [-0.05, 0) is 101 Å². The van der Waals surface area contributed by atoms with Crippen LogP contribution in [0.1, 0.15) is 17.7 Å². The first-order valence-electron chi connectivity index (χ1n) is 19.8. The van der Waals surface area contributed by atoms with Crippen LogP contribution in [0.15, 0.2) is 188 Å². The number of thiophene rings is 1. The molecule has 0 N–H and O–H groups in total. The molecule has 0 fully saturated rings. The molecule has 8 aromatic carbocycles. The van der Waals surface area contributed by atoms with Gasteiger partial charge in [0.1, 0.15) is 0 Å². The standard InChI is InChI=1S/C54H36N2S/c1-2-17-39(18-3-1)55-51-29-9-6-22-45(51)48-34-36(30-31-52(48)55)35-14-10-15-37(32-35)41-23-12-25-46-47-26-13-24-42(54(47)57-53(41)46)38-16-11-19-40(33-38)56-49-27-7-4-20-43(49)44-21-5-8-28-50(44)56/h1-8,10-28,30-34H,9,29H2. The molecule has 12 rings (SSSR count). The molecule has 0 bridgehead atoms. The highest BCUT2D eigenvalue weighted by atomic mass is 32.1. The Morgan fingerprint density at radius 1 is 0.386 bits per heavy atom. The lowest BCUT2D eigenvalue weighted by atomic mass is 9.96. The lowest BCUT2D eigenvalue weighted by molar-refractivity contribution is 0.888. The minimum absolute atomic E-state index is 1.05. The van der Waals surface area contributed by atoms with E-state index in [1.807, 2.05) is 11.3 Å². The lowest BCUT2D eigenvalue weighted by Crippen LogP contribution is -2.02. The van der Waals surface area contributed by atoms with Gasteiger partial charge in [0, 0.05) is 59.0 Å². The lowest BCUT2D eigenvalue weighted by Gasteiger charge is -2.13. The third-order valence-corrected chi connectivity index (χ3v) is 13.3. The second-order valence-electron chi connectivity index (χ2n) is 15.2. The first kappa shape index (κ1) is 32.3. The molecule has 2 nitrogen and oxygen atoms in total. The molecule has 0 atom stereocenters. The summed E-state index contributed by atoms with van der Waals surface area (Å²) in [6.45, 7) is 0. The molecule has 3 aromatic heterocycles. The van der Waals surface area contributed by atoms with Crippen LogP contribution in [0.4, 0.5) is 0 Å². The van der Waals surface area contributed by atoms with E-state index >= 15 is 0 Å². The number of benzene rings is 8. The molecule has 0 saturated carbocycles. The van der Waals surface area contributed by atoms with Crippen molar-refractivity contribution in [1.82, 2.24) is 9.13 Å². The Hall–Kier alpha value is -6.94. The summed E-state index contributed by atoms with van der Waals surface area (Å²) in [4.78, 5) is 0. The minimum atomic E-state index is 1.05. The van der Waals surface area contributed by atoms with Crippen LogP contribution in [-0.2, 0) is 6.42 Å². The fourth-order valence-corrected chi connectivity index (χ4v) is 10.8. The van der Waals surface area contributed by atoms with Gasteiger partial charge < -0.3 is 9.13 Å². The van der Waals surface area contributed by atoms with Crippen LogP contribution in [-0.4, -0.2) is 9.13 Å². The van der Waals surface area contributed by atoms with Gasteiger partial charge in [0.25, 0.3) is 0 Å². The van der Waals surface area contributed by atoms with Crippen molar-refractivity contribution in [3.8, 4) is 44.8 Å². The van der Waals surface area contributed by atoms with Gasteiger partial charge in [0.2, 0.25) is 0 Å². The van der Waals surface area contributed by atoms with Crippen molar-refractivity contribution >= 4 is 70.3 Å². The van der Waals surface area contributed by atoms with Gasteiger partial charge in [-0.3, -0.25) is 0 Å². The molecule has 3 heterocycles. The van der Waals surface area contributed by atoms with E-state index < -0.39 is 0 Å². The van der Waals surface area contributed by atoms with E-state index in [9.17, 15) is 0 Å². The molecule has 3 heteroatoms. The van der Waals surface area contributed by atoms with Gasteiger partial charge >= 0.3 is 0 Å². The zero-order chi connectivity index (χ0) is 37.5. The van der Waals surface area contributed by atoms with Crippen molar-refractivity contribution in [1.29, 1.82) is 0 Å². The number of rotatable bonds is 5. The zero-order valence-corrected chi connectivity index (χ0v) is 32.0. The maximum atomic E-state index is 2.46. The largest absolute Gasteiger partial charge is 0.313 e. The van der Waals surface area contributed by atoms with E-state index in [0.29, 0.717) is 0 Å². The van der Waals surface area contributed by atoms with E-state index in [0.717, 1.165) is 12.8 Å². The first-order valence-corrected chi connectivity index (χ1v) is 20.6. The molecule has 1 aliphatic carbocycles. The zero-order valence-electron chi connectivity index (χ0n) is 31.2. The fourth-order valence-electron chi connectivity index (χ4n) is 9.43. The Bertz CT molecular complexity index is 3360. The predicted octanol–water partition coefficient (Wildman–Crippen LogP) is 15.1. The number of hydrogen-bond acceptors (Lipinski definition) is 1. The molecule has 11 aromatic rings. The van der Waals surface area contributed by atoms with Crippen LogP contribution in [0.5, 0.6) is 0 Å². The SMILES string of the molecule is C1=Cc2c(n(-c3ccccc3)c3ccc(-c4cccc(-c5cccc6c5sc5c(-c7cccc(-n8c9ccccc9c9ccccc98)c7)cccc56)c4)cc23)CC1. The monoisotopic (exact) mass is 744 g/mol. The van der Waals surface area contributed by atoms with Crippen LogP contribution in [0, 0.1) is 0 Å². The van der Waals surface area contributed by atoms with Crippen molar-refractivity contribution in [3.63, 3.8) is 0 Å². The van der Waals surface area contributed by atoms with E-state index in [1.165, 1.54) is 109 Å². The summed E-state index contributed by atoms with van der Waals surface area (Å²) < 4.78 is 7.52. The number of para-hydroxylation sites is 3. The van der Waals surface area contributed by atoms with Crippen LogP contribution >= 0.6 is 11.3 Å². The molecule has 0 saturated heterocycles. The Kier molecular flexibility index (Phi) is 7.26. The molecule has 0 spiro atoms. The Morgan fingerprint density at radius 3 is 1.68 bits per heavy atom. The quantitative estimate of drug-likeness (QED) is 0.166. The summed E-state index contributed by atoms with van der Waals surface area (Å²) in [5.41, 5.74) is 16.4. The van der Waals surface area contributed by atoms with Crippen LogP contribution in [0.2, 0.25) is 0 Å². The van der Waals surface area contributed by atoms with Gasteiger partial charge in [0.15, 0.2) is 0 Å². The van der Waals surface area contributed by atoms with E-state index in [2.05, 4.69) is 203 Å². The topological polar surface area (TPSA) is 9.86 Å². The Labute approximate surface area is 334 Å². The Morgan fingerprint density at radius 2 is 0.947 bits per heavy atom. The first-order chi connectivity index (χ1) is 28.3. The van der Waals surface area contributed by atoms with E-state index in [-0.39, 0.29) is 0 Å². The molecule has 268 valence electrons. The summed E-state index contributed by atoms with van der Waals surface area (Å²) in [6, 6.07) is 67.1. The average molecular weight is 745 g/mol. The van der Waals surface area contributed by atoms with Crippen molar-refractivity contribution < 1.29 is 0 Å². The van der Waals surface area contributed by atoms with Gasteiger partial charge in [-0.25, -0.2) is 0 Å². The van der Waals surface area contributed by atoms with Crippen molar-refractivity contribution in [2.24, 2.45) is 0 Å². The number of fused-ring (bicyclic) bond motifs is 9. The number of aromatic nitrogens is 2. The second-order valence-corrected chi connectivity index (χ2v) is 16.2. The number of hydrogen-bond donors (Lipinski definition) is 0. The van der Waals surface area contributed by atoms with Crippen molar-refractivity contribution in [2.45, 2.75) is 12.8 Å². The number of nitrogens with zero attached hydrogens (tertiary/aromatic N) is 2. The minimum Gasteiger partial charge on any atom is -0.313 e. The summed E-state index contributed by atoms with van der Waals surface area (Å²) in [6.07, 6.45) is 6.78. The van der Waals surface area contributed by atoms with Gasteiger partial charge in [-0.1, -0.05) is 140 Å². The van der Waals surface area contributed by atoms with Crippen LogP contribution in [0.25, 0.3) is 104 Å². The summed E-state index contributed by atoms with van der Waals surface area (Å²) in [5.74, 6) is 0. The van der Waals surface area contributed by atoms with Crippen LogP contribution in [0.3, 0.4) is 0 Å². The normalized spacial score (nSPS) is 12.7. The summed E-state index contributed by atoms with van der Waals surface area (Å²) in [7, 11) is 0. The molecule has 0 amide bonds. The highest BCUT2D eigenvalue weighted by Crippen LogP contribution is 2.45. The molecule has 0 radical (unpaired) electrons. The Balaban J connectivity index is 0.969. The predicted molar refractivity (Wildman–Crippen MR) is 244 cm³/mol. The summed E-state index contributed by atoms with van der Waals surface area (Å²) >= 11 is 1.92. The maximum Gasteiger partial charge on any atom is 0.0541 e. The number of allylic oxidation sites excluding steroid dienone is 1. The molecular weight excluding hydrogens is 709 g/mol. The smallest absolute Gasteiger partial charge is 0.0541 e. The fraction of sp³-hybridized carbons (Fsp3) is 0.0370. The third kappa shape index (κ3) is 5.02. The molecule has 0 unspecified atom stereocenters. The molecule has 57 heavy (non-hydrogen) atoms. The highest BCUT2D eigenvalue weighted by molar-refractivity contribution is 7.26. The van der Waals surface area contributed by atoms with Crippen molar-refractivity contribution in [3.05, 3.63) is 199 Å². The van der Waals surface area contributed by atoms with Gasteiger partial charge in [0.05, 0.1) is 16.6 Å². The van der Waals surface area contributed by atoms with E-state index in [1.54, 1.807) is 0 Å². The van der Waals surface area contributed by atoms with E-state index in [4.69, 9.17) is 0 Å². The van der Waals surface area contributed by atoms with Gasteiger partial charge in [-0.15, -0.1) is 11.3 Å². The van der Waals surface area contributed by atoms with Crippen molar-refractivity contribution in [2.75, 3.05) is 0 Å². The summed E-state index contributed by atoms with van der Waals surface area (Å²) in [5, 5.41) is 6.48. The van der Waals surface area contributed by atoms with Crippen LogP contribution < -0.4 is 0 Å². The highest BCUT2D eigenvalue weighted by Gasteiger charge is 2.20. The molecule has 1 aliphatic rings. The maximum absolute atomic E-state index is 2.46.